The zero-order valence-electron chi connectivity index (χ0n) is 13.3. The van der Waals surface area contributed by atoms with E-state index in [1.54, 1.807) is 0 Å². The third-order valence-corrected chi connectivity index (χ3v) is 3.02. The molecule has 0 atom stereocenters. The smallest absolute Gasteiger partial charge is 0.00934 e. The van der Waals surface area contributed by atoms with E-state index >= 15 is 0 Å². The predicted octanol–water partition coefficient (Wildman–Crippen LogP) is 4.14. The van der Waals surface area contributed by atoms with Gasteiger partial charge in [-0.2, -0.15) is 0 Å². The van der Waals surface area contributed by atoms with Crippen LogP contribution in [-0.4, -0.2) is 30.6 Å². The lowest BCUT2D eigenvalue weighted by atomic mass is 9.90. The van der Waals surface area contributed by atoms with Crippen LogP contribution >= 0.6 is 0 Å². The maximum atomic E-state index is 5.88. The van der Waals surface area contributed by atoms with Crippen LogP contribution in [0.4, 0.5) is 0 Å². The van der Waals surface area contributed by atoms with Crippen LogP contribution in [0.3, 0.4) is 0 Å². The lowest BCUT2D eigenvalue weighted by Gasteiger charge is -2.34. The van der Waals surface area contributed by atoms with E-state index in [1.165, 1.54) is 32.2 Å². The Morgan fingerprint density at radius 3 is 1.82 bits per heavy atom. The minimum Gasteiger partial charge on any atom is -0.328 e. The topological polar surface area (TPSA) is 29.3 Å². The summed E-state index contributed by atoms with van der Waals surface area (Å²) in [4.78, 5) is 2.51. The number of nitrogens with two attached hydrogens (primary N) is 1. The van der Waals surface area contributed by atoms with Gasteiger partial charge in [0.1, 0.15) is 0 Å². The van der Waals surface area contributed by atoms with Crippen molar-refractivity contribution in [2.75, 3.05) is 13.6 Å². The van der Waals surface area contributed by atoms with Gasteiger partial charge in [-0.3, -0.25) is 0 Å². The Labute approximate surface area is 111 Å². The molecule has 0 saturated heterocycles. The van der Waals surface area contributed by atoms with Gasteiger partial charge in [0.25, 0.3) is 0 Å². The fourth-order valence-electron chi connectivity index (χ4n) is 2.27. The van der Waals surface area contributed by atoms with Gasteiger partial charge in [-0.05, 0) is 38.6 Å². The lowest BCUT2D eigenvalue weighted by molar-refractivity contribution is 0.167. The van der Waals surface area contributed by atoms with Crippen molar-refractivity contribution in [3.05, 3.63) is 0 Å². The predicted molar refractivity (Wildman–Crippen MR) is 82.5 cm³/mol. The van der Waals surface area contributed by atoms with Gasteiger partial charge >= 0.3 is 0 Å². The fraction of sp³-hybridized carbons (Fsp3) is 1.00. The SMILES string of the molecule is CC.CC.CC(C)CN(C)C1CCC(N)CC1.[HH]. The molecular formula is C15H38N2. The molecule has 1 rings (SSSR count). The summed E-state index contributed by atoms with van der Waals surface area (Å²) in [7, 11) is 2.25. The minimum absolute atomic E-state index is 0. The first-order chi connectivity index (χ1) is 8.09. The summed E-state index contributed by atoms with van der Waals surface area (Å²) in [5.74, 6) is 0.778. The molecule has 2 nitrogen and oxygen atoms in total. The van der Waals surface area contributed by atoms with Gasteiger partial charge < -0.3 is 10.6 Å². The van der Waals surface area contributed by atoms with Gasteiger partial charge in [-0.25, -0.2) is 0 Å². The molecule has 0 spiro atoms. The molecule has 0 bridgehead atoms. The first-order valence-electron chi connectivity index (χ1n) is 7.55. The molecule has 108 valence electrons. The van der Waals surface area contributed by atoms with Gasteiger partial charge in [0.15, 0.2) is 0 Å². The molecule has 0 radical (unpaired) electrons. The second-order valence-electron chi connectivity index (χ2n) is 4.90. The Morgan fingerprint density at radius 1 is 1.06 bits per heavy atom. The first kappa shape index (κ1) is 19.3. The molecule has 0 aliphatic heterocycles. The third-order valence-electron chi connectivity index (χ3n) is 3.02. The normalized spacial score (nSPS) is 23.6. The number of hydrogen-bond acceptors (Lipinski definition) is 2. The molecule has 0 aromatic heterocycles. The first-order valence-corrected chi connectivity index (χ1v) is 7.55. The number of rotatable bonds is 3. The van der Waals surface area contributed by atoms with E-state index in [-0.39, 0.29) is 1.43 Å². The van der Waals surface area contributed by atoms with E-state index in [0.717, 1.165) is 12.0 Å². The highest BCUT2D eigenvalue weighted by Crippen LogP contribution is 2.21. The van der Waals surface area contributed by atoms with Crippen molar-refractivity contribution in [1.82, 2.24) is 4.90 Å². The minimum atomic E-state index is 0. The van der Waals surface area contributed by atoms with Crippen LogP contribution in [0.1, 0.15) is 68.7 Å². The second kappa shape index (κ2) is 12.4. The van der Waals surface area contributed by atoms with Crippen LogP contribution < -0.4 is 5.73 Å². The van der Waals surface area contributed by atoms with E-state index < -0.39 is 0 Å². The van der Waals surface area contributed by atoms with Gasteiger partial charge in [-0.15, -0.1) is 0 Å². The van der Waals surface area contributed by atoms with Crippen LogP contribution in [0, 0.1) is 5.92 Å². The molecule has 0 unspecified atom stereocenters. The van der Waals surface area contributed by atoms with Gasteiger partial charge in [-0.1, -0.05) is 41.5 Å². The molecule has 1 fully saturated rings. The molecule has 1 aliphatic rings. The van der Waals surface area contributed by atoms with Gasteiger partial charge in [0, 0.05) is 20.1 Å². The molecule has 2 N–H and O–H groups in total. The van der Waals surface area contributed by atoms with Crippen LogP contribution in [-0.2, 0) is 0 Å². The van der Waals surface area contributed by atoms with E-state index in [1.807, 2.05) is 27.7 Å². The summed E-state index contributed by atoms with van der Waals surface area (Å²) in [6.07, 6.45) is 5.02. The summed E-state index contributed by atoms with van der Waals surface area (Å²) in [5, 5.41) is 0. The zero-order chi connectivity index (χ0) is 13.8. The average molecular weight is 246 g/mol. The number of nitrogens with zero attached hydrogens (tertiary/aromatic N) is 1. The van der Waals surface area contributed by atoms with Gasteiger partial charge in [0.2, 0.25) is 0 Å². The van der Waals surface area contributed by atoms with E-state index in [2.05, 4.69) is 25.8 Å². The summed E-state index contributed by atoms with van der Waals surface area (Å²) >= 11 is 0. The summed E-state index contributed by atoms with van der Waals surface area (Å²) < 4.78 is 0. The van der Waals surface area contributed by atoms with Crippen molar-refractivity contribution in [2.24, 2.45) is 11.7 Å². The van der Waals surface area contributed by atoms with E-state index in [4.69, 9.17) is 5.73 Å². The second-order valence-corrected chi connectivity index (χ2v) is 4.90. The van der Waals surface area contributed by atoms with Crippen molar-refractivity contribution in [3.63, 3.8) is 0 Å². The molecule has 0 aromatic carbocycles. The Balaban J connectivity index is -0.000000409. The highest BCUT2D eigenvalue weighted by atomic mass is 15.1. The standard InChI is InChI=1S/C11H24N2.2C2H6.H2/c1-9(2)8-13(3)11-6-4-10(12)5-7-11;2*1-2;/h9-11H,4-8,12H2,1-3H3;2*1-2H3;1H. The van der Waals surface area contributed by atoms with E-state index in [9.17, 15) is 0 Å². The quantitative estimate of drug-likeness (QED) is 0.811. The number of hydrogen-bond donors (Lipinski definition) is 1. The Morgan fingerprint density at radius 2 is 1.47 bits per heavy atom. The lowest BCUT2D eigenvalue weighted by Crippen LogP contribution is -2.40. The Kier molecular flexibility index (Phi) is 14.0. The average Bonchev–Trinajstić information content (AvgIpc) is 2.34. The molecule has 0 aromatic rings. The monoisotopic (exact) mass is 246 g/mol. The van der Waals surface area contributed by atoms with Crippen molar-refractivity contribution in [3.8, 4) is 0 Å². The summed E-state index contributed by atoms with van der Waals surface area (Å²) in [6.45, 7) is 13.8. The van der Waals surface area contributed by atoms with E-state index in [0.29, 0.717) is 6.04 Å². The van der Waals surface area contributed by atoms with Crippen LogP contribution in [0.25, 0.3) is 0 Å². The fourth-order valence-corrected chi connectivity index (χ4v) is 2.27. The Bertz CT molecular complexity index is 143. The third kappa shape index (κ3) is 9.61. The largest absolute Gasteiger partial charge is 0.328 e. The molecule has 0 amide bonds. The molecular weight excluding hydrogens is 208 g/mol. The molecule has 0 heterocycles. The highest BCUT2D eigenvalue weighted by Gasteiger charge is 2.21. The molecule has 2 heteroatoms. The Hall–Kier alpha value is -0.0800. The maximum absolute atomic E-state index is 5.88. The van der Waals surface area contributed by atoms with Gasteiger partial charge in [0.05, 0.1) is 0 Å². The molecule has 1 saturated carbocycles. The van der Waals surface area contributed by atoms with Crippen LogP contribution in [0.15, 0.2) is 0 Å². The maximum Gasteiger partial charge on any atom is 0.00934 e. The van der Waals surface area contributed by atoms with Crippen molar-refractivity contribution in [1.29, 1.82) is 0 Å². The molecule has 1 aliphatic carbocycles. The summed E-state index contributed by atoms with van der Waals surface area (Å²) in [5.41, 5.74) is 5.88. The zero-order valence-corrected chi connectivity index (χ0v) is 13.3. The van der Waals surface area contributed by atoms with Crippen molar-refractivity contribution < 1.29 is 1.43 Å². The highest BCUT2D eigenvalue weighted by molar-refractivity contribution is 4.79. The van der Waals surface area contributed by atoms with Crippen LogP contribution in [0.2, 0.25) is 0 Å². The van der Waals surface area contributed by atoms with Crippen molar-refractivity contribution in [2.45, 2.75) is 79.3 Å². The van der Waals surface area contributed by atoms with Crippen molar-refractivity contribution >= 4 is 0 Å². The van der Waals surface area contributed by atoms with Crippen LogP contribution in [0.5, 0.6) is 0 Å². The molecule has 17 heavy (non-hydrogen) atoms. The summed E-state index contributed by atoms with van der Waals surface area (Å²) in [6, 6.07) is 1.27.